The zero-order valence-corrected chi connectivity index (χ0v) is 12.4. The van der Waals surface area contributed by atoms with Crippen molar-refractivity contribution in [1.82, 2.24) is 14.9 Å². The van der Waals surface area contributed by atoms with Crippen LogP contribution < -0.4 is 0 Å². The molecule has 1 aromatic heterocycles. The summed E-state index contributed by atoms with van der Waals surface area (Å²) in [6, 6.07) is 4.97. The number of carbonyl (C=O) groups is 1. The Morgan fingerprint density at radius 2 is 2.05 bits per heavy atom. The molecule has 2 aromatic rings. The van der Waals surface area contributed by atoms with Crippen molar-refractivity contribution in [2.45, 2.75) is 12.5 Å². The number of aromatic nitrogens is 2. The molecule has 1 aliphatic rings. The molecule has 2 heterocycles. The SMILES string of the molecule is CN(C(=O)c1cccc2nccnc12)C1CCS(=O)(=O)C1. The van der Waals surface area contributed by atoms with Crippen molar-refractivity contribution in [3.63, 3.8) is 0 Å². The molecule has 0 saturated carbocycles. The molecule has 0 radical (unpaired) electrons. The van der Waals surface area contributed by atoms with Crippen molar-refractivity contribution in [1.29, 1.82) is 0 Å². The lowest BCUT2D eigenvalue weighted by Crippen LogP contribution is -2.38. The number of rotatable bonds is 2. The minimum atomic E-state index is -3.02. The number of hydrogen-bond acceptors (Lipinski definition) is 5. The number of nitrogens with zero attached hydrogens (tertiary/aromatic N) is 3. The highest BCUT2D eigenvalue weighted by Gasteiger charge is 2.33. The quantitative estimate of drug-likeness (QED) is 0.823. The fraction of sp³-hybridized carbons (Fsp3) is 0.357. The summed E-state index contributed by atoms with van der Waals surface area (Å²) in [5.41, 5.74) is 1.64. The molecule has 1 aromatic carbocycles. The van der Waals surface area contributed by atoms with Crippen LogP contribution in [0.3, 0.4) is 0 Å². The first-order chi connectivity index (χ1) is 9.98. The average Bonchev–Trinajstić information content (AvgIpc) is 2.85. The van der Waals surface area contributed by atoms with E-state index in [1.54, 1.807) is 37.6 Å². The van der Waals surface area contributed by atoms with Crippen LogP contribution >= 0.6 is 0 Å². The van der Waals surface area contributed by atoms with E-state index < -0.39 is 9.84 Å². The average molecular weight is 305 g/mol. The van der Waals surface area contributed by atoms with Crippen molar-refractivity contribution < 1.29 is 13.2 Å². The molecule has 1 aliphatic heterocycles. The molecule has 3 rings (SSSR count). The van der Waals surface area contributed by atoms with Gasteiger partial charge in [-0.15, -0.1) is 0 Å². The highest BCUT2D eigenvalue weighted by Crippen LogP contribution is 2.21. The molecular weight excluding hydrogens is 290 g/mol. The zero-order chi connectivity index (χ0) is 15.0. The van der Waals surface area contributed by atoms with Gasteiger partial charge < -0.3 is 4.90 Å². The summed E-state index contributed by atoms with van der Waals surface area (Å²) < 4.78 is 23.1. The molecule has 1 amide bonds. The zero-order valence-electron chi connectivity index (χ0n) is 11.6. The second kappa shape index (κ2) is 5.07. The van der Waals surface area contributed by atoms with E-state index in [4.69, 9.17) is 0 Å². The van der Waals surface area contributed by atoms with Gasteiger partial charge in [-0.05, 0) is 18.6 Å². The molecule has 0 N–H and O–H groups in total. The van der Waals surface area contributed by atoms with Crippen LogP contribution in [0.25, 0.3) is 11.0 Å². The number of para-hydroxylation sites is 1. The molecule has 1 unspecified atom stereocenters. The van der Waals surface area contributed by atoms with E-state index in [2.05, 4.69) is 9.97 Å². The van der Waals surface area contributed by atoms with Crippen LogP contribution in [-0.2, 0) is 9.84 Å². The van der Waals surface area contributed by atoms with Crippen LogP contribution in [-0.4, -0.2) is 53.8 Å². The van der Waals surface area contributed by atoms with Crippen molar-refractivity contribution in [2.75, 3.05) is 18.6 Å². The Hall–Kier alpha value is -2.02. The molecule has 0 spiro atoms. The van der Waals surface area contributed by atoms with E-state index in [9.17, 15) is 13.2 Å². The lowest BCUT2D eigenvalue weighted by atomic mass is 10.1. The highest BCUT2D eigenvalue weighted by molar-refractivity contribution is 7.91. The third-order valence-corrected chi connectivity index (χ3v) is 5.56. The summed E-state index contributed by atoms with van der Waals surface area (Å²) in [7, 11) is -1.38. The Kier molecular flexibility index (Phi) is 3.36. The van der Waals surface area contributed by atoms with E-state index in [1.807, 2.05) is 0 Å². The monoisotopic (exact) mass is 305 g/mol. The van der Waals surface area contributed by atoms with Crippen LogP contribution in [0, 0.1) is 0 Å². The van der Waals surface area contributed by atoms with Crippen LogP contribution in [0.4, 0.5) is 0 Å². The van der Waals surface area contributed by atoms with Gasteiger partial charge in [0.1, 0.15) is 5.52 Å². The number of amides is 1. The Balaban J connectivity index is 1.94. The Morgan fingerprint density at radius 3 is 2.76 bits per heavy atom. The van der Waals surface area contributed by atoms with Gasteiger partial charge in [-0.2, -0.15) is 0 Å². The summed E-state index contributed by atoms with van der Waals surface area (Å²) in [4.78, 5) is 22.5. The van der Waals surface area contributed by atoms with Crippen molar-refractivity contribution in [3.05, 3.63) is 36.2 Å². The minimum Gasteiger partial charge on any atom is -0.338 e. The molecule has 6 nitrogen and oxygen atoms in total. The van der Waals surface area contributed by atoms with Gasteiger partial charge in [0.2, 0.25) is 0 Å². The highest BCUT2D eigenvalue weighted by atomic mass is 32.2. The van der Waals surface area contributed by atoms with E-state index >= 15 is 0 Å². The van der Waals surface area contributed by atoms with Gasteiger partial charge in [0, 0.05) is 25.5 Å². The molecule has 0 aliphatic carbocycles. The molecule has 0 bridgehead atoms. The van der Waals surface area contributed by atoms with Gasteiger partial charge in [-0.3, -0.25) is 14.8 Å². The fourth-order valence-corrected chi connectivity index (χ4v) is 4.38. The number of carbonyl (C=O) groups excluding carboxylic acids is 1. The normalized spacial score (nSPS) is 20.5. The molecule has 110 valence electrons. The van der Waals surface area contributed by atoms with Gasteiger partial charge in [0.05, 0.1) is 22.6 Å². The first-order valence-corrected chi connectivity index (χ1v) is 8.47. The third-order valence-electron chi connectivity index (χ3n) is 3.81. The summed E-state index contributed by atoms with van der Waals surface area (Å²) in [5, 5.41) is 0. The third kappa shape index (κ3) is 2.61. The van der Waals surface area contributed by atoms with Crippen molar-refractivity contribution >= 4 is 26.8 Å². The van der Waals surface area contributed by atoms with Gasteiger partial charge in [0.15, 0.2) is 9.84 Å². The molecular formula is C14H15N3O3S. The number of benzene rings is 1. The standard InChI is InChI=1S/C14H15N3O3S/c1-17(10-5-8-21(19,20)9-10)14(18)11-3-2-4-12-13(11)16-7-6-15-12/h2-4,6-7,10H,5,8-9H2,1H3. The second-order valence-electron chi connectivity index (χ2n) is 5.20. The van der Waals surface area contributed by atoms with Gasteiger partial charge in [-0.1, -0.05) is 6.07 Å². The first-order valence-electron chi connectivity index (χ1n) is 6.65. The maximum Gasteiger partial charge on any atom is 0.256 e. The number of fused-ring (bicyclic) bond motifs is 1. The lowest BCUT2D eigenvalue weighted by Gasteiger charge is -2.23. The smallest absolute Gasteiger partial charge is 0.256 e. The molecule has 7 heteroatoms. The maximum absolute atomic E-state index is 12.6. The summed E-state index contributed by atoms with van der Waals surface area (Å²) in [5.74, 6) is -0.0424. The van der Waals surface area contributed by atoms with Gasteiger partial charge >= 0.3 is 0 Å². The second-order valence-corrected chi connectivity index (χ2v) is 7.43. The predicted octanol–water partition coefficient (Wildman–Crippen LogP) is 0.889. The molecule has 1 saturated heterocycles. The molecule has 1 atom stereocenters. The summed E-state index contributed by atoms with van der Waals surface area (Å²) in [6.45, 7) is 0. The Morgan fingerprint density at radius 1 is 1.29 bits per heavy atom. The van der Waals surface area contributed by atoms with Gasteiger partial charge in [0.25, 0.3) is 5.91 Å². The van der Waals surface area contributed by atoms with Crippen molar-refractivity contribution in [3.8, 4) is 0 Å². The molecule has 1 fully saturated rings. The van der Waals surface area contributed by atoms with E-state index in [0.717, 1.165) is 0 Å². The minimum absolute atomic E-state index is 0.0334. The van der Waals surface area contributed by atoms with E-state index in [-0.39, 0.29) is 23.5 Å². The van der Waals surface area contributed by atoms with Crippen LogP contribution in [0.5, 0.6) is 0 Å². The topological polar surface area (TPSA) is 80.2 Å². The van der Waals surface area contributed by atoms with E-state index in [0.29, 0.717) is 23.0 Å². The number of hydrogen-bond donors (Lipinski definition) is 0. The van der Waals surface area contributed by atoms with E-state index in [1.165, 1.54) is 4.90 Å². The Labute approximate surface area is 122 Å². The Bertz CT molecular complexity index is 799. The first kappa shape index (κ1) is 13.9. The van der Waals surface area contributed by atoms with Crippen LogP contribution in [0.15, 0.2) is 30.6 Å². The number of sulfone groups is 1. The van der Waals surface area contributed by atoms with Crippen LogP contribution in [0.1, 0.15) is 16.8 Å². The maximum atomic E-state index is 12.6. The lowest BCUT2D eigenvalue weighted by molar-refractivity contribution is 0.0749. The predicted molar refractivity (Wildman–Crippen MR) is 78.7 cm³/mol. The molecule has 21 heavy (non-hydrogen) atoms. The summed E-state index contributed by atoms with van der Waals surface area (Å²) >= 11 is 0. The van der Waals surface area contributed by atoms with Crippen molar-refractivity contribution in [2.24, 2.45) is 0 Å². The largest absolute Gasteiger partial charge is 0.338 e. The fourth-order valence-electron chi connectivity index (χ4n) is 2.60. The van der Waals surface area contributed by atoms with Gasteiger partial charge in [-0.25, -0.2) is 8.42 Å². The summed E-state index contributed by atoms with van der Waals surface area (Å²) in [6.07, 6.45) is 3.60. The van der Waals surface area contributed by atoms with Crippen LogP contribution in [0.2, 0.25) is 0 Å².